The van der Waals surface area contributed by atoms with Crippen molar-refractivity contribution in [2.45, 2.75) is 58.5 Å². The third-order valence-electron chi connectivity index (χ3n) is 5.70. The van der Waals surface area contributed by atoms with Gasteiger partial charge in [-0.15, -0.1) is 0 Å². The van der Waals surface area contributed by atoms with Crippen LogP contribution in [0.2, 0.25) is 30.7 Å². The van der Waals surface area contributed by atoms with Crippen LogP contribution in [0.25, 0.3) is 22.2 Å². The summed E-state index contributed by atoms with van der Waals surface area (Å²) in [6.45, 7) is 9.95. The number of hydrogen-bond donors (Lipinski definition) is 2. The van der Waals surface area contributed by atoms with Gasteiger partial charge in [-0.05, 0) is 24.1 Å². The number of alkyl halides is 3. The number of anilines is 1. The van der Waals surface area contributed by atoms with Gasteiger partial charge in [0, 0.05) is 49.8 Å². The summed E-state index contributed by atoms with van der Waals surface area (Å²) in [5, 5.41) is 6.25. The molecule has 1 amide bonds. The van der Waals surface area contributed by atoms with E-state index in [-0.39, 0.29) is 5.92 Å². The molecule has 202 valence electrons. The Labute approximate surface area is 220 Å². The number of fused-ring (bicyclic) bond motifs is 1. The molecule has 0 aliphatic rings. The van der Waals surface area contributed by atoms with Crippen LogP contribution < -0.4 is 10.6 Å². The maximum absolute atomic E-state index is 12.8. The molecule has 0 fully saturated rings. The molecule has 0 unspecified atom stereocenters. The standard InChI is InChI=1S/C25H33ClF3N5O2Si/c1-16(2)22(32-14-25(27,28)29)24(35)33-19-8-17(10-30-12-19)21-13-34(15-36-6-7-37(3,4)5)23-20(21)9-18(26)11-31-23/h8-13,16,22,32H,6-7,14-15H2,1-5H3,(H,33,35)/t22-/m0/s1. The number of carbonyl (C=O) groups is 1. The largest absolute Gasteiger partial charge is 0.401 e. The van der Waals surface area contributed by atoms with Crippen molar-refractivity contribution in [3.63, 3.8) is 0 Å². The number of nitrogens with zero attached hydrogens (tertiary/aromatic N) is 3. The Morgan fingerprint density at radius 3 is 2.57 bits per heavy atom. The number of amides is 1. The Bertz CT molecular complexity index is 1230. The molecule has 0 aromatic carbocycles. The van der Waals surface area contributed by atoms with Crippen LogP contribution in [0.3, 0.4) is 0 Å². The number of aromatic nitrogens is 3. The molecule has 0 spiro atoms. The Balaban J connectivity index is 1.84. The number of halogens is 4. The first-order chi connectivity index (χ1) is 17.2. The number of nitrogens with one attached hydrogen (secondary N) is 2. The van der Waals surface area contributed by atoms with Gasteiger partial charge in [-0.2, -0.15) is 13.2 Å². The Hall–Kier alpha value is -2.47. The summed E-state index contributed by atoms with van der Waals surface area (Å²) in [6, 6.07) is 3.54. The normalized spacial score (nSPS) is 13.4. The molecule has 3 heterocycles. The van der Waals surface area contributed by atoms with Gasteiger partial charge in [0.15, 0.2) is 0 Å². The van der Waals surface area contributed by atoms with Gasteiger partial charge >= 0.3 is 6.18 Å². The number of hydrogen-bond acceptors (Lipinski definition) is 5. The van der Waals surface area contributed by atoms with Gasteiger partial charge in [0.25, 0.3) is 0 Å². The molecular formula is C25H33ClF3N5O2Si. The van der Waals surface area contributed by atoms with Crippen LogP contribution in [-0.4, -0.2) is 53.9 Å². The quantitative estimate of drug-likeness (QED) is 0.218. The average Bonchev–Trinajstić information content (AvgIpc) is 3.13. The molecule has 37 heavy (non-hydrogen) atoms. The van der Waals surface area contributed by atoms with E-state index in [2.05, 4.69) is 40.2 Å². The van der Waals surface area contributed by atoms with E-state index < -0.39 is 32.7 Å². The van der Waals surface area contributed by atoms with Crippen LogP contribution in [0.1, 0.15) is 13.8 Å². The highest BCUT2D eigenvalue weighted by Gasteiger charge is 2.31. The Kier molecular flexibility index (Phi) is 9.38. The van der Waals surface area contributed by atoms with Gasteiger partial charge in [0.2, 0.25) is 5.91 Å². The van der Waals surface area contributed by atoms with E-state index in [0.717, 1.165) is 17.0 Å². The van der Waals surface area contributed by atoms with E-state index in [1.54, 1.807) is 38.4 Å². The van der Waals surface area contributed by atoms with Crippen molar-refractivity contribution in [2.75, 3.05) is 18.5 Å². The second-order valence-corrected chi connectivity index (χ2v) is 16.6. The molecular weight excluding hydrogens is 523 g/mol. The van der Waals surface area contributed by atoms with Crippen molar-refractivity contribution in [2.24, 2.45) is 5.92 Å². The zero-order valence-corrected chi connectivity index (χ0v) is 23.4. The molecule has 0 aliphatic carbocycles. The SMILES string of the molecule is CC(C)[C@H](NCC(F)(F)F)C(=O)Nc1cncc(-c2cn(COCC[Si](C)(C)C)c3ncc(Cl)cc23)c1. The van der Waals surface area contributed by atoms with Gasteiger partial charge < -0.3 is 14.6 Å². The minimum absolute atomic E-state index is 0.320. The lowest BCUT2D eigenvalue weighted by Gasteiger charge is -2.22. The van der Waals surface area contributed by atoms with Gasteiger partial charge in [0.1, 0.15) is 12.4 Å². The van der Waals surface area contributed by atoms with Crippen LogP contribution in [0.4, 0.5) is 18.9 Å². The first kappa shape index (κ1) is 29.1. The average molecular weight is 556 g/mol. The summed E-state index contributed by atoms with van der Waals surface area (Å²) in [5.74, 6) is -0.924. The number of carbonyl (C=O) groups excluding carboxylic acids is 1. The van der Waals surface area contributed by atoms with Crippen molar-refractivity contribution in [1.29, 1.82) is 0 Å². The van der Waals surface area contributed by atoms with E-state index in [1.807, 2.05) is 10.8 Å². The molecule has 12 heteroatoms. The fraction of sp³-hybridized carbons (Fsp3) is 0.480. The van der Waals surface area contributed by atoms with E-state index in [1.165, 1.54) is 6.20 Å². The van der Waals surface area contributed by atoms with Crippen LogP contribution in [-0.2, 0) is 16.3 Å². The van der Waals surface area contributed by atoms with Gasteiger partial charge in [-0.1, -0.05) is 45.1 Å². The topological polar surface area (TPSA) is 81.1 Å². The first-order valence-corrected chi connectivity index (χ1v) is 16.1. The van der Waals surface area contributed by atoms with Crippen LogP contribution in [0.15, 0.2) is 36.9 Å². The molecule has 3 rings (SSSR count). The summed E-state index contributed by atoms with van der Waals surface area (Å²) >= 11 is 6.23. The van der Waals surface area contributed by atoms with Gasteiger partial charge in [-0.3, -0.25) is 15.1 Å². The van der Waals surface area contributed by atoms with Crippen molar-refractivity contribution >= 4 is 42.3 Å². The lowest BCUT2D eigenvalue weighted by molar-refractivity contribution is -0.131. The highest BCUT2D eigenvalue weighted by molar-refractivity contribution is 6.76. The minimum Gasteiger partial charge on any atom is -0.361 e. The summed E-state index contributed by atoms with van der Waals surface area (Å²) in [5.41, 5.74) is 2.54. The summed E-state index contributed by atoms with van der Waals surface area (Å²) in [6.07, 6.45) is 2.14. The predicted molar refractivity (Wildman–Crippen MR) is 143 cm³/mol. The monoisotopic (exact) mass is 555 g/mol. The van der Waals surface area contributed by atoms with Crippen LogP contribution in [0.5, 0.6) is 0 Å². The van der Waals surface area contributed by atoms with E-state index >= 15 is 0 Å². The molecule has 0 radical (unpaired) electrons. The molecule has 0 saturated carbocycles. The molecule has 0 aliphatic heterocycles. The van der Waals surface area contributed by atoms with Gasteiger partial charge in [-0.25, -0.2) is 4.98 Å². The highest BCUT2D eigenvalue weighted by Crippen LogP contribution is 2.32. The molecule has 0 saturated heterocycles. The van der Waals surface area contributed by atoms with Gasteiger partial charge in [0.05, 0.1) is 29.5 Å². The third kappa shape index (κ3) is 8.52. The first-order valence-electron chi connectivity index (χ1n) is 12.0. The van der Waals surface area contributed by atoms with E-state index in [4.69, 9.17) is 16.3 Å². The van der Waals surface area contributed by atoms with E-state index in [0.29, 0.717) is 35.3 Å². The smallest absolute Gasteiger partial charge is 0.361 e. The maximum atomic E-state index is 12.8. The lowest BCUT2D eigenvalue weighted by Crippen LogP contribution is -2.47. The molecule has 2 N–H and O–H groups in total. The zero-order valence-electron chi connectivity index (χ0n) is 21.6. The molecule has 3 aromatic rings. The highest BCUT2D eigenvalue weighted by atomic mass is 35.5. The summed E-state index contributed by atoms with van der Waals surface area (Å²) < 4.78 is 45.9. The van der Waals surface area contributed by atoms with Crippen LogP contribution in [0, 0.1) is 5.92 Å². The minimum atomic E-state index is -4.42. The number of pyridine rings is 2. The number of rotatable bonds is 11. The molecule has 1 atom stereocenters. The fourth-order valence-electron chi connectivity index (χ4n) is 3.75. The molecule has 3 aromatic heterocycles. The van der Waals surface area contributed by atoms with E-state index in [9.17, 15) is 18.0 Å². The fourth-order valence-corrected chi connectivity index (χ4v) is 4.66. The van der Waals surface area contributed by atoms with Crippen molar-refractivity contribution in [3.8, 4) is 11.1 Å². The lowest BCUT2D eigenvalue weighted by atomic mass is 10.0. The van der Waals surface area contributed by atoms with Crippen molar-refractivity contribution in [3.05, 3.63) is 41.9 Å². The second-order valence-electron chi connectivity index (χ2n) is 10.6. The second kappa shape index (κ2) is 11.9. The van der Waals surface area contributed by atoms with Crippen molar-refractivity contribution in [1.82, 2.24) is 19.9 Å². The maximum Gasteiger partial charge on any atom is 0.401 e. The van der Waals surface area contributed by atoms with Crippen LogP contribution >= 0.6 is 11.6 Å². The van der Waals surface area contributed by atoms with Crippen molar-refractivity contribution < 1.29 is 22.7 Å². The summed E-state index contributed by atoms with van der Waals surface area (Å²) in [4.78, 5) is 21.5. The third-order valence-corrected chi connectivity index (χ3v) is 7.61. The Morgan fingerprint density at radius 2 is 1.92 bits per heavy atom. The molecule has 7 nitrogen and oxygen atoms in total. The number of ether oxygens (including phenoxy) is 1. The molecule has 0 bridgehead atoms. The predicted octanol–water partition coefficient (Wildman–Crippen LogP) is 6.18. The summed E-state index contributed by atoms with van der Waals surface area (Å²) in [7, 11) is -1.22. The Morgan fingerprint density at radius 1 is 1.19 bits per heavy atom. The zero-order chi connectivity index (χ0) is 27.4.